The van der Waals surface area contributed by atoms with Gasteiger partial charge in [-0.15, -0.1) is 11.3 Å². The molecule has 106 valence electrons. The summed E-state index contributed by atoms with van der Waals surface area (Å²) in [5, 5.41) is 12.9. The molecule has 1 aromatic heterocycles. The van der Waals surface area contributed by atoms with Crippen molar-refractivity contribution < 1.29 is 0 Å². The van der Waals surface area contributed by atoms with Gasteiger partial charge in [-0.1, -0.05) is 37.7 Å². The number of benzene rings is 1. The Morgan fingerprint density at radius 1 is 1.50 bits per heavy atom. The van der Waals surface area contributed by atoms with Crippen molar-refractivity contribution >= 4 is 33.3 Å². The molecule has 1 N–H and O–H groups in total. The first-order valence-corrected chi connectivity index (χ1v) is 8.44. The number of hydrogen-bond donors (Lipinski definition) is 1. The summed E-state index contributed by atoms with van der Waals surface area (Å²) in [4.78, 5) is 4.63. The summed E-state index contributed by atoms with van der Waals surface area (Å²) in [7, 11) is 0. The number of rotatable bonds is 6. The van der Waals surface area contributed by atoms with Crippen LogP contribution < -0.4 is 5.32 Å². The van der Waals surface area contributed by atoms with Gasteiger partial charge < -0.3 is 0 Å². The first kappa shape index (κ1) is 15.3. The minimum atomic E-state index is -0.460. The molecular weight excluding hydrogens is 286 g/mol. The standard InChI is InChI=1S/C15H19N3S2/c1-4-17-15(3,10-16)9-11(2)19-14-18-12-7-5-6-8-13(12)20-14/h5-8,11,17H,4,9H2,1-3H3. The van der Waals surface area contributed by atoms with Crippen LogP contribution in [0, 0.1) is 11.3 Å². The van der Waals surface area contributed by atoms with Crippen LogP contribution in [0.4, 0.5) is 0 Å². The molecule has 20 heavy (non-hydrogen) atoms. The van der Waals surface area contributed by atoms with Crippen molar-refractivity contribution in [2.24, 2.45) is 0 Å². The van der Waals surface area contributed by atoms with E-state index >= 15 is 0 Å². The Balaban J connectivity index is 2.04. The highest BCUT2D eigenvalue weighted by Gasteiger charge is 2.26. The van der Waals surface area contributed by atoms with Crippen LogP contribution in [0.2, 0.25) is 0 Å². The number of thiazole rings is 1. The summed E-state index contributed by atoms with van der Waals surface area (Å²) < 4.78 is 2.30. The molecule has 1 aromatic carbocycles. The number of nitriles is 1. The third-order valence-electron chi connectivity index (χ3n) is 3.09. The van der Waals surface area contributed by atoms with E-state index in [9.17, 15) is 5.26 Å². The fourth-order valence-electron chi connectivity index (χ4n) is 2.24. The molecule has 2 aromatic rings. The number of thioether (sulfide) groups is 1. The minimum absolute atomic E-state index is 0.347. The van der Waals surface area contributed by atoms with Gasteiger partial charge in [-0.2, -0.15) is 5.26 Å². The van der Waals surface area contributed by atoms with Gasteiger partial charge in [0.1, 0.15) is 5.54 Å². The smallest absolute Gasteiger partial charge is 0.151 e. The van der Waals surface area contributed by atoms with Crippen LogP contribution >= 0.6 is 23.1 Å². The summed E-state index contributed by atoms with van der Waals surface area (Å²) in [5.74, 6) is 0. The second kappa shape index (κ2) is 6.57. The number of nitrogens with one attached hydrogen (secondary N) is 1. The monoisotopic (exact) mass is 305 g/mol. The minimum Gasteiger partial charge on any atom is -0.300 e. The molecular formula is C15H19N3S2. The van der Waals surface area contributed by atoms with Crippen molar-refractivity contribution in [2.75, 3.05) is 6.54 Å². The fraction of sp³-hybridized carbons (Fsp3) is 0.467. The maximum atomic E-state index is 9.31. The van der Waals surface area contributed by atoms with Crippen LogP contribution in [0.15, 0.2) is 28.6 Å². The van der Waals surface area contributed by atoms with Gasteiger partial charge in [0.05, 0.1) is 16.3 Å². The molecule has 0 aliphatic rings. The highest BCUT2D eigenvalue weighted by atomic mass is 32.2. The Hall–Kier alpha value is -1.09. The molecule has 5 heteroatoms. The highest BCUT2D eigenvalue weighted by Crippen LogP contribution is 2.34. The Morgan fingerprint density at radius 2 is 2.25 bits per heavy atom. The van der Waals surface area contributed by atoms with E-state index in [0.29, 0.717) is 5.25 Å². The molecule has 0 bridgehead atoms. The van der Waals surface area contributed by atoms with Gasteiger partial charge in [0, 0.05) is 5.25 Å². The zero-order valence-electron chi connectivity index (χ0n) is 12.0. The van der Waals surface area contributed by atoms with Crippen LogP contribution in [0.3, 0.4) is 0 Å². The molecule has 2 unspecified atom stereocenters. The number of aromatic nitrogens is 1. The first-order valence-electron chi connectivity index (χ1n) is 6.75. The van der Waals surface area contributed by atoms with Crippen molar-refractivity contribution in [1.29, 1.82) is 5.26 Å². The third-order valence-corrected chi connectivity index (χ3v) is 5.32. The molecule has 3 nitrogen and oxygen atoms in total. The summed E-state index contributed by atoms with van der Waals surface area (Å²) in [6.07, 6.45) is 0.804. The van der Waals surface area contributed by atoms with Crippen LogP contribution in [0.5, 0.6) is 0 Å². The van der Waals surface area contributed by atoms with Crippen molar-refractivity contribution in [3.63, 3.8) is 0 Å². The lowest BCUT2D eigenvalue weighted by atomic mass is 9.98. The Kier molecular flexibility index (Phi) is 5.03. The Bertz CT molecular complexity index is 584. The second-order valence-corrected chi connectivity index (χ2v) is 7.77. The van der Waals surface area contributed by atoms with Crippen molar-refractivity contribution in [1.82, 2.24) is 10.3 Å². The molecule has 0 radical (unpaired) electrons. The Morgan fingerprint density at radius 3 is 2.90 bits per heavy atom. The Labute approximate surface area is 128 Å². The fourth-order valence-corrected chi connectivity index (χ4v) is 4.80. The van der Waals surface area contributed by atoms with Crippen LogP contribution in [-0.4, -0.2) is 22.3 Å². The lowest BCUT2D eigenvalue weighted by molar-refractivity contribution is 0.429. The second-order valence-electron chi connectivity index (χ2n) is 5.05. The van der Waals surface area contributed by atoms with Gasteiger partial charge in [-0.25, -0.2) is 4.98 Å². The van der Waals surface area contributed by atoms with Gasteiger partial charge in [0.15, 0.2) is 4.34 Å². The quantitative estimate of drug-likeness (QED) is 0.818. The van der Waals surface area contributed by atoms with E-state index in [1.54, 1.807) is 23.1 Å². The predicted octanol–water partition coefficient (Wildman–Crippen LogP) is 4.06. The zero-order chi connectivity index (χ0) is 14.6. The van der Waals surface area contributed by atoms with E-state index in [1.807, 2.05) is 32.0 Å². The predicted molar refractivity (Wildman–Crippen MR) is 87.3 cm³/mol. The molecule has 2 atom stereocenters. The van der Waals surface area contributed by atoms with Gasteiger partial charge in [-0.05, 0) is 32.0 Å². The summed E-state index contributed by atoms with van der Waals surface area (Å²) >= 11 is 3.47. The average Bonchev–Trinajstić information content (AvgIpc) is 2.80. The molecule has 2 rings (SSSR count). The first-order chi connectivity index (χ1) is 9.56. The van der Waals surface area contributed by atoms with E-state index < -0.39 is 5.54 Å². The van der Waals surface area contributed by atoms with Gasteiger partial charge >= 0.3 is 0 Å². The van der Waals surface area contributed by atoms with Crippen molar-refractivity contribution in [2.45, 2.75) is 42.3 Å². The molecule has 0 fully saturated rings. The SMILES string of the molecule is CCNC(C)(C#N)CC(C)Sc1nc2ccccc2s1. The third kappa shape index (κ3) is 3.72. The molecule has 1 heterocycles. The molecule has 0 amide bonds. The van der Waals surface area contributed by atoms with Gasteiger partial charge in [-0.3, -0.25) is 5.32 Å². The average molecular weight is 305 g/mol. The zero-order valence-corrected chi connectivity index (χ0v) is 13.6. The number of para-hydroxylation sites is 1. The lowest BCUT2D eigenvalue weighted by Crippen LogP contribution is -2.42. The maximum absolute atomic E-state index is 9.31. The lowest BCUT2D eigenvalue weighted by Gasteiger charge is -2.25. The van der Waals surface area contributed by atoms with E-state index in [1.165, 1.54) is 4.70 Å². The molecule has 0 aliphatic heterocycles. The summed E-state index contributed by atoms with van der Waals surface area (Å²) in [5.41, 5.74) is 0.597. The normalized spacial score (nSPS) is 15.7. The van der Waals surface area contributed by atoms with Crippen molar-refractivity contribution in [3.05, 3.63) is 24.3 Å². The number of nitrogens with zero attached hydrogens (tertiary/aromatic N) is 2. The summed E-state index contributed by atoms with van der Waals surface area (Å²) in [6, 6.07) is 10.6. The number of hydrogen-bond acceptors (Lipinski definition) is 5. The van der Waals surface area contributed by atoms with Crippen LogP contribution in [-0.2, 0) is 0 Å². The molecule has 0 saturated heterocycles. The number of fused-ring (bicyclic) bond motifs is 1. The van der Waals surface area contributed by atoms with Crippen LogP contribution in [0.25, 0.3) is 10.2 Å². The largest absolute Gasteiger partial charge is 0.300 e. The van der Waals surface area contributed by atoms with Gasteiger partial charge in [0.2, 0.25) is 0 Å². The molecule has 0 spiro atoms. The topological polar surface area (TPSA) is 48.7 Å². The summed E-state index contributed by atoms with van der Waals surface area (Å²) in [6.45, 7) is 6.96. The van der Waals surface area contributed by atoms with E-state index in [0.717, 1.165) is 22.8 Å². The maximum Gasteiger partial charge on any atom is 0.151 e. The van der Waals surface area contributed by atoms with Crippen LogP contribution in [0.1, 0.15) is 27.2 Å². The highest BCUT2D eigenvalue weighted by molar-refractivity contribution is 8.01. The van der Waals surface area contributed by atoms with Crippen molar-refractivity contribution in [3.8, 4) is 6.07 Å². The van der Waals surface area contributed by atoms with E-state index in [2.05, 4.69) is 29.4 Å². The molecule has 0 aliphatic carbocycles. The van der Waals surface area contributed by atoms with E-state index in [4.69, 9.17) is 0 Å². The van der Waals surface area contributed by atoms with Gasteiger partial charge in [0.25, 0.3) is 0 Å². The molecule has 0 saturated carbocycles. The van der Waals surface area contributed by atoms with E-state index in [-0.39, 0.29) is 0 Å².